The molecule has 0 spiro atoms. The molecule has 1 saturated carbocycles. The minimum Gasteiger partial charge on any atom is -0.476 e. The van der Waals surface area contributed by atoms with Gasteiger partial charge in [0.25, 0.3) is 0 Å². The van der Waals surface area contributed by atoms with Gasteiger partial charge in [0.05, 0.1) is 0 Å². The molecule has 0 atom stereocenters. The van der Waals surface area contributed by atoms with E-state index >= 15 is 0 Å². The Labute approximate surface area is 110 Å². The summed E-state index contributed by atoms with van der Waals surface area (Å²) in [5.74, 6) is -1.26. The maximum atomic E-state index is 11.8. The predicted molar refractivity (Wildman–Crippen MR) is 68.0 cm³/mol. The number of carboxylic acid groups (broad SMARTS) is 1. The average molecular weight is 264 g/mol. The van der Waals surface area contributed by atoms with Gasteiger partial charge in [0.15, 0.2) is 11.5 Å². The van der Waals surface area contributed by atoms with Gasteiger partial charge in [0.2, 0.25) is 0 Å². The number of nitrogens with one attached hydrogen (secondary N) is 2. The summed E-state index contributed by atoms with van der Waals surface area (Å²) in [4.78, 5) is 30.2. The molecule has 0 bridgehead atoms. The van der Waals surface area contributed by atoms with Crippen LogP contribution in [0.4, 0.5) is 10.6 Å². The van der Waals surface area contributed by atoms with Gasteiger partial charge in [-0.25, -0.2) is 19.6 Å². The fourth-order valence-corrected chi connectivity index (χ4v) is 2.16. The van der Waals surface area contributed by atoms with Crippen LogP contribution in [0.25, 0.3) is 0 Å². The number of hydrogen-bond donors (Lipinski definition) is 3. The van der Waals surface area contributed by atoms with Crippen molar-refractivity contribution < 1.29 is 14.7 Å². The Kier molecular flexibility index (Phi) is 4.27. The van der Waals surface area contributed by atoms with Crippen LogP contribution in [0.15, 0.2) is 12.4 Å². The zero-order chi connectivity index (χ0) is 13.7. The van der Waals surface area contributed by atoms with Crippen LogP contribution in [0.1, 0.15) is 42.6 Å². The Morgan fingerprint density at radius 1 is 1.16 bits per heavy atom. The molecule has 7 nitrogen and oxygen atoms in total. The lowest BCUT2D eigenvalue weighted by molar-refractivity contribution is 0.0691. The summed E-state index contributed by atoms with van der Waals surface area (Å²) in [7, 11) is 0. The highest BCUT2D eigenvalue weighted by Gasteiger charge is 2.18. The number of nitrogens with zero attached hydrogens (tertiary/aromatic N) is 2. The third kappa shape index (κ3) is 3.64. The van der Waals surface area contributed by atoms with E-state index in [4.69, 9.17) is 5.11 Å². The van der Waals surface area contributed by atoms with Crippen LogP contribution in [0.2, 0.25) is 0 Å². The smallest absolute Gasteiger partial charge is 0.358 e. The van der Waals surface area contributed by atoms with Crippen LogP contribution in [-0.4, -0.2) is 33.1 Å². The molecule has 1 aliphatic carbocycles. The van der Waals surface area contributed by atoms with Crippen molar-refractivity contribution in [3.8, 4) is 0 Å². The van der Waals surface area contributed by atoms with Gasteiger partial charge in [-0.3, -0.25) is 5.32 Å². The van der Waals surface area contributed by atoms with Crippen molar-refractivity contribution >= 4 is 17.8 Å². The van der Waals surface area contributed by atoms with Gasteiger partial charge in [-0.05, 0) is 12.8 Å². The molecule has 0 aromatic carbocycles. The molecule has 0 unspecified atom stereocenters. The van der Waals surface area contributed by atoms with Crippen LogP contribution in [-0.2, 0) is 0 Å². The summed E-state index contributed by atoms with van der Waals surface area (Å²) in [5, 5.41) is 14.2. The third-order valence-corrected chi connectivity index (χ3v) is 3.07. The van der Waals surface area contributed by atoms with Crippen molar-refractivity contribution in [1.29, 1.82) is 0 Å². The first kappa shape index (κ1) is 13.3. The minimum absolute atomic E-state index is 0.0386. The van der Waals surface area contributed by atoms with Gasteiger partial charge in [0, 0.05) is 18.4 Å². The van der Waals surface area contributed by atoms with Crippen LogP contribution in [0.3, 0.4) is 0 Å². The predicted octanol–water partition coefficient (Wildman–Crippen LogP) is 1.63. The highest BCUT2D eigenvalue weighted by molar-refractivity contribution is 5.97. The number of urea groups is 1. The standard InChI is InChI=1S/C12H16N4O3/c17-11(18)9-10(14-7-6-13-9)16-12(19)15-8-4-2-1-3-5-8/h6-8H,1-5H2,(H,17,18)(H2,14,15,16,19). The van der Waals surface area contributed by atoms with Crippen LogP contribution >= 0.6 is 0 Å². The van der Waals surface area contributed by atoms with E-state index in [-0.39, 0.29) is 17.6 Å². The van der Waals surface area contributed by atoms with Gasteiger partial charge in [-0.1, -0.05) is 19.3 Å². The molecule has 7 heteroatoms. The lowest BCUT2D eigenvalue weighted by Gasteiger charge is -2.22. The van der Waals surface area contributed by atoms with E-state index in [1.54, 1.807) is 0 Å². The summed E-state index contributed by atoms with van der Waals surface area (Å²) in [6.07, 6.45) is 7.94. The van der Waals surface area contributed by atoms with Crippen LogP contribution in [0.5, 0.6) is 0 Å². The monoisotopic (exact) mass is 264 g/mol. The molecule has 0 radical (unpaired) electrons. The largest absolute Gasteiger partial charge is 0.476 e. The van der Waals surface area contributed by atoms with Gasteiger partial charge >= 0.3 is 12.0 Å². The first-order valence-electron chi connectivity index (χ1n) is 6.28. The van der Waals surface area contributed by atoms with Crippen molar-refractivity contribution in [3.63, 3.8) is 0 Å². The van der Waals surface area contributed by atoms with Gasteiger partial charge in [0.1, 0.15) is 0 Å². The molecule has 1 aromatic rings. The number of carboxylic acids is 1. The number of carbonyl (C=O) groups is 2. The van der Waals surface area contributed by atoms with E-state index in [0.717, 1.165) is 25.7 Å². The number of rotatable bonds is 3. The normalized spacial score (nSPS) is 15.8. The molecular formula is C12H16N4O3. The van der Waals surface area contributed by atoms with E-state index in [2.05, 4.69) is 20.6 Å². The van der Waals surface area contributed by atoms with Crippen LogP contribution < -0.4 is 10.6 Å². The summed E-state index contributed by atoms with van der Waals surface area (Å²) in [6, 6.07) is -0.284. The van der Waals surface area contributed by atoms with Crippen LogP contribution in [0, 0.1) is 0 Å². The highest BCUT2D eigenvalue weighted by atomic mass is 16.4. The van der Waals surface area contributed by atoms with E-state index in [9.17, 15) is 9.59 Å². The summed E-state index contributed by atoms with van der Waals surface area (Å²) in [6.45, 7) is 0. The fourth-order valence-electron chi connectivity index (χ4n) is 2.16. The zero-order valence-corrected chi connectivity index (χ0v) is 10.4. The van der Waals surface area contributed by atoms with Crippen molar-refractivity contribution in [2.75, 3.05) is 5.32 Å². The first-order chi connectivity index (χ1) is 9.16. The number of anilines is 1. The molecule has 102 valence electrons. The molecule has 2 amide bonds. The topological polar surface area (TPSA) is 104 Å². The van der Waals surface area contributed by atoms with E-state index in [0.29, 0.717) is 0 Å². The second kappa shape index (κ2) is 6.12. The van der Waals surface area contributed by atoms with Gasteiger partial charge in [-0.15, -0.1) is 0 Å². The number of aromatic nitrogens is 2. The van der Waals surface area contributed by atoms with Crippen molar-refractivity contribution in [2.45, 2.75) is 38.1 Å². The Morgan fingerprint density at radius 3 is 2.53 bits per heavy atom. The second-order valence-corrected chi connectivity index (χ2v) is 4.49. The molecule has 1 heterocycles. The number of amides is 2. The number of carbonyl (C=O) groups excluding carboxylic acids is 1. The van der Waals surface area contributed by atoms with E-state index in [1.165, 1.54) is 18.8 Å². The summed E-state index contributed by atoms with van der Waals surface area (Å²) < 4.78 is 0. The number of aromatic carboxylic acids is 1. The van der Waals surface area contributed by atoms with Crippen molar-refractivity contribution in [2.24, 2.45) is 0 Å². The molecule has 1 aliphatic rings. The Morgan fingerprint density at radius 2 is 1.84 bits per heavy atom. The molecule has 1 fully saturated rings. The SMILES string of the molecule is O=C(Nc1nccnc1C(=O)O)NC1CCCCC1. The summed E-state index contributed by atoms with van der Waals surface area (Å²) >= 11 is 0. The highest BCUT2D eigenvalue weighted by Crippen LogP contribution is 2.17. The first-order valence-corrected chi connectivity index (χ1v) is 6.28. The Bertz CT molecular complexity index is 472. The van der Waals surface area contributed by atoms with E-state index < -0.39 is 12.0 Å². The molecule has 0 aliphatic heterocycles. The number of hydrogen-bond acceptors (Lipinski definition) is 4. The lowest BCUT2D eigenvalue weighted by Crippen LogP contribution is -2.39. The quantitative estimate of drug-likeness (QED) is 0.769. The molecule has 1 aromatic heterocycles. The third-order valence-electron chi connectivity index (χ3n) is 3.07. The molecule has 2 rings (SSSR count). The zero-order valence-electron chi connectivity index (χ0n) is 10.4. The maximum absolute atomic E-state index is 11.8. The summed E-state index contributed by atoms with van der Waals surface area (Å²) in [5.41, 5.74) is -0.263. The lowest BCUT2D eigenvalue weighted by atomic mass is 9.96. The molecule has 0 saturated heterocycles. The second-order valence-electron chi connectivity index (χ2n) is 4.49. The van der Waals surface area contributed by atoms with E-state index in [1.807, 2.05) is 0 Å². The van der Waals surface area contributed by atoms with Gasteiger partial charge in [-0.2, -0.15) is 0 Å². The fraction of sp³-hybridized carbons (Fsp3) is 0.500. The Hall–Kier alpha value is -2.18. The van der Waals surface area contributed by atoms with Gasteiger partial charge < -0.3 is 10.4 Å². The average Bonchev–Trinajstić information content (AvgIpc) is 2.40. The molecule has 3 N–H and O–H groups in total. The molecule has 19 heavy (non-hydrogen) atoms. The Balaban J connectivity index is 1.96. The maximum Gasteiger partial charge on any atom is 0.358 e. The minimum atomic E-state index is -1.22. The van der Waals surface area contributed by atoms with Crippen molar-refractivity contribution in [3.05, 3.63) is 18.1 Å². The molecular weight excluding hydrogens is 248 g/mol. The van der Waals surface area contributed by atoms with Crippen molar-refractivity contribution in [1.82, 2.24) is 15.3 Å².